The number of H-pyrrole nitrogens is 1. The molecule has 2 aromatic heterocycles. The third-order valence-electron chi connectivity index (χ3n) is 3.87. The van der Waals surface area contributed by atoms with Crippen molar-refractivity contribution < 1.29 is 4.79 Å². The van der Waals surface area contributed by atoms with Crippen molar-refractivity contribution in [3.8, 4) is 11.4 Å². The van der Waals surface area contributed by atoms with E-state index < -0.39 is 0 Å². The zero-order valence-electron chi connectivity index (χ0n) is 13.0. The van der Waals surface area contributed by atoms with Gasteiger partial charge in [-0.25, -0.2) is 4.98 Å². The van der Waals surface area contributed by atoms with Crippen LogP contribution in [0.25, 0.3) is 22.4 Å². The molecule has 24 heavy (non-hydrogen) atoms. The predicted octanol–water partition coefficient (Wildman–Crippen LogP) is 4.85. The Bertz CT molecular complexity index is 981. The highest BCUT2D eigenvalue weighted by molar-refractivity contribution is 7.12. The molecule has 0 aliphatic carbocycles. The van der Waals surface area contributed by atoms with Gasteiger partial charge >= 0.3 is 0 Å². The van der Waals surface area contributed by atoms with E-state index in [0.29, 0.717) is 0 Å². The number of rotatable bonds is 3. The van der Waals surface area contributed by atoms with Crippen molar-refractivity contribution >= 4 is 34.0 Å². The van der Waals surface area contributed by atoms with Gasteiger partial charge in [0.25, 0.3) is 5.91 Å². The van der Waals surface area contributed by atoms with Crippen LogP contribution in [0.4, 0.5) is 5.69 Å². The van der Waals surface area contributed by atoms with Gasteiger partial charge in [0.1, 0.15) is 5.82 Å². The first-order valence-corrected chi connectivity index (χ1v) is 8.49. The number of hydrogen-bond acceptors (Lipinski definition) is 3. The molecule has 4 aromatic rings. The molecule has 1 amide bonds. The number of para-hydroxylation sites is 2. The van der Waals surface area contributed by atoms with E-state index in [0.717, 1.165) is 38.5 Å². The molecule has 0 fully saturated rings. The molecule has 0 saturated carbocycles. The lowest BCUT2D eigenvalue weighted by atomic mass is 10.2. The van der Waals surface area contributed by atoms with E-state index in [9.17, 15) is 4.79 Å². The van der Waals surface area contributed by atoms with Crippen LogP contribution >= 0.6 is 11.3 Å². The van der Waals surface area contributed by atoms with Crippen molar-refractivity contribution in [2.24, 2.45) is 0 Å². The van der Waals surface area contributed by atoms with Gasteiger partial charge < -0.3 is 10.3 Å². The van der Waals surface area contributed by atoms with Crippen molar-refractivity contribution in [2.75, 3.05) is 5.32 Å². The molecular weight excluding hydrogens is 318 g/mol. The number of nitrogens with zero attached hydrogens (tertiary/aromatic N) is 1. The Morgan fingerprint density at radius 3 is 2.58 bits per heavy atom. The number of carbonyl (C=O) groups is 1. The first-order valence-electron chi connectivity index (χ1n) is 7.61. The standard InChI is InChI=1S/C19H15N3OS/c1-12-10-11-24-17(12)19(23)20-14-8-6-13(7-9-14)18-21-15-4-2-3-5-16(15)22-18/h2-11H,1H3,(H,20,23)(H,21,22). The lowest BCUT2D eigenvalue weighted by Crippen LogP contribution is -2.11. The fourth-order valence-electron chi connectivity index (χ4n) is 2.59. The summed E-state index contributed by atoms with van der Waals surface area (Å²) in [7, 11) is 0. The first-order chi connectivity index (χ1) is 11.7. The lowest BCUT2D eigenvalue weighted by molar-refractivity contribution is 0.103. The van der Waals surface area contributed by atoms with Gasteiger partial charge in [0.15, 0.2) is 0 Å². The van der Waals surface area contributed by atoms with E-state index in [1.807, 2.05) is 66.9 Å². The van der Waals surface area contributed by atoms with Crippen molar-refractivity contribution in [3.05, 3.63) is 70.4 Å². The summed E-state index contributed by atoms with van der Waals surface area (Å²) in [5.41, 5.74) is 4.71. The molecule has 4 rings (SSSR count). The minimum Gasteiger partial charge on any atom is -0.338 e. The maximum Gasteiger partial charge on any atom is 0.265 e. The predicted molar refractivity (Wildman–Crippen MR) is 98.5 cm³/mol. The molecule has 0 unspecified atom stereocenters. The zero-order valence-corrected chi connectivity index (χ0v) is 13.9. The Labute approximate surface area is 143 Å². The Kier molecular flexibility index (Phi) is 3.63. The monoisotopic (exact) mass is 333 g/mol. The third kappa shape index (κ3) is 2.70. The summed E-state index contributed by atoms with van der Waals surface area (Å²) in [5, 5.41) is 4.86. The number of nitrogens with one attached hydrogen (secondary N) is 2. The zero-order chi connectivity index (χ0) is 16.5. The summed E-state index contributed by atoms with van der Waals surface area (Å²) < 4.78 is 0. The highest BCUT2D eigenvalue weighted by Crippen LogP contribution is 2.23. The molecule has 2 aromatic carbocycles. The van der Waals surface area contributed by atoms with Crippen LogP contribution in [0, 0.1) is 6.92 Å². The number of hydrogen-bond donors (Lipinski definition) is 2. The second-order valence-corrected chi connectivity index (χ2v) is 6.48. The molecule has 0 aliphatic heterocycles. The molecule has 0 saturated heterocycles. The number of aryl methyl sites for hydroxylation is 1. The van der Waals surface area contributed by atoms with Crippen LogP contribution in [0.1, 0.15) is 15.2 Å². The van der Waals surface area contributed by atoms with Crippen LogP contribution in [0.3, 0.4) is 0 Å². The number of fused-ring (bicyclic) bond motifs is 1. The first kappa shape index (κ1) is 14.7. The molecule has 118 valence electrons. The molecule has 0 aliphatic rings. The minimum absolute atomic E-state index is 0.0704. The molecule has 5 heteroatoms. The molecule has 2 N–H and O–H groups in total. The summed E-state index contributed by atoms with van der Waals surface area (Å²) in [5.74, 6) is 0.752. The highest BCUT2D eigenvalue weighted by Gasteiger charge is 2.11. The maximum atomic E-state index is 12.2. The van der Waals surface area contributed by atoms with Gasteiger partial charge in [-0.05, 0) is 60.3 Å². The number of aromatic amines is 1. The van der Waals surface area contributed by atoms with Gasteiger partial charge in [0, 0.05) is 11.3 Å². The largest absolute Gasteiger partial charge is 0.338 e. The number of carbonyl (C=O) groups excluding carboxylic acids is 1. The van der Waals surface area contributed by atoms with Gasteiger partial charge in [0.05, 0.1) is 15.9 Å². The second kappa shape index (κ2) is 5.94. The quantitative estimate of drug-likeness (QED) is 0.563. The number of imidazole rings is 1. The van der Waals surface area contributed by atoms with E-state index in [4.69, 9.17) is 0 Å². The average Bonchev–Trinajstić information content (AvgIpc) is 3.21. The highest BCUT2D eigenvalue weighted by atomic mass is 32.1. The average molecular weight is 333 g/mol. The Morgan fingerprint density at radius 1 is 1.08 bits per heavy atom. The summed E-state index contributed by atoms with van der Waals surface area (Å²) >= 11 is 1.45. The minimum atomic E-state index is -0.0704. The Morgan fingerprint density at radius 2 is 1.88 bits per heavy atom. The van der Waals surface area contributed by atoms with Crippen LogP contribution in [-0.4, -0.2) is 15.9 Å². The van der Waals surface area contributed by atoms with Gasteiger partial charge in [0.2, 0.25) is 0 Å². The van der Waals surface area contributed by atoms with Crippen molar-refractivity contribution in [3.63, 3.8) is 0 Å². The molecule has 0 atom stereocenters. The van der Waals surface area contributed by atoms with E-state index in [1.165, 1.54) is 11.3 Å². The number of anilines is 1. The maximum absolute atomic E-state index is 12.2. The topological polar surface area (TPSA) is 57.8 Å². The van der Waals surface area contributed by atoms with Crippen LogP contribution in [0.15, 0.2) is 60.0 Å². The van der Waals surface area contributed by atoms with E-state index in [1.54, 1.807) is 0 Å². The summed E-state index contributed by atoms with van der Waals surface area (Å²) in [4.78, 5) is 20.9. The van der Waals surface area contributed by atoms with Gasteiger partial charge in [-0.3, -0.25) is 4.79 Å². The molecule has 2 heterocycles. The van der Waals surface area contributed by atoms with E-state index >= 15 is 0 Å². The summed E-state index contributed by atoms with van der Waals surface area (Å²) in [6.45, 7) is 1.94. The van der Waals surface area contributed by atoms with E-state index in [-0.39, 0.29) is 5.91 Å². The molecule has 0 bridgehead atoms. The molecular formula is C19H15N3OS. The molecule has 0 spiro atoms. The molecule has 0 radical (unpaired) electrons. The van der Waals surface area contributed by atoms with Crippen LogP contribution in [0.2, 0.25) is 0 Å². The Hall–Kier alpha value is -2.92. The van der Waals surface area contributed by atoms with Crippen LogP contribution in [0.5, 0.6) is 0 Å². The number of thiophene rings is 1. The Balaban J connectivity index is 1.56. The van der Waals surface area contributed by atoms with Crippen molar-refractivity contribution in [2.45, 2.75) is 6.92 Å². The van der Waals surface area contributed by atoms with Gasteiger partial charge in [-0.15, -0.1) is 11.3 Å². The number of amides is 1. The van der Waals surface area contributed by atoms with Crippen LogP contribution < -0.4 is 5.32 Å². The third-order valence-corrected chi connectivity index (χ3v) is 4.89. The fourth-order valence-corrected chi connectivity index (χ4v) is 3.41. The number of benzene rings is 2. The van der Waals surface area contributed by atoms with E-state index in [2.05, 4.69) is 15.3 Å². The SMILES string of the molecule is Cc1ccsc1C(=O)Nc1ccc(-c2nc3ccccc3[nH]2)cc1. The summed E-state index contributed by atoms with van der Waals surface area (Å²) in [6.07, 6.45) is 0. The molecule has 4 nitrogen and oxygen atoms in total. The second-order valence-electron chi connectivity index (χ2n) is 5.57. The lowest BCUT2D eigenvalue weighted by Gasteiger charge is -2.05. The van der Waals surface area contributed by atoms with Gasteiger partial charge in [-0.2, -0.15) is 0 Å². The van der Waals surface area contributed by atoms with Crippen molar-refractivity contribution in [1.82, 2.24) is 9.97 Å². The number of aromatic nitrogens is 2. The van der Waals surface area contributed by atoms with Crippen molar-refractivity contribution in [1.29, 1.82) is 0 Å². The normalized spacial score (nSPS) is 10.9. The smallest absolute Gasteiger partial charge is 0.265 e. The van der Waals surface area contributed by atoms with Crippen LogP contribution in [-0.2, 0) is 0 Å². The van der Waals surface area contributed by atoms with Gasteiger partial charge in [-0.1, -0.05) is 12.1 Å². The summed E-state index contributed by atoms with van der Waals surface area (Å²) in [6, 6.07) is 17.6. The fraction of sp³-hybridized carbons (Fsp3) is 0.0526.